The van der Waals surface area contributed by atoms with Gasteiger partial charge in [0.1, 0.15) is 12.4 Å². The highest BCUT2D eigenvalue weighted by Crippen LogP contribution is 2.34. The normalized spacial score (nSPS) is 15.4. The van der Waals surface area contributed by atoms with Crippen molar-refractivity contribution in [2.45, 2.75) is 18.9 Å². The van der Waals surface area contributed by atoms with E-state index in [2.05, 4.69) is 15.3 Å². The number of benzene rings is 1. The Labute approximate surface area is 164 Å². The fraction of sp³-hybridized carbons (Fsp3) is 0.400. The number of hydrogen-bond donors (Lipinski definition) is 1. The van der Waals surface area contributed by atoms with Crippen LogP contribution in [0.5, 0.6) is 5.75 Å². The first-order valence-electron chi connectivity index (χ1n) is 9.18. The Morgan fingerprint density at radius 2 is 2.14 bits per heavy atom. The second-order valence-corrected chi connectivity index (χ2v) is 6.96. The van der Waals surface area contributed by atoms with E-state index in [0.717, 1.165) is 17.1 Å². The van der Waals surface area contributed by atoms with Gasteiger partial charge in [0.05, 0.1) is 23.8 Å². The second kappa shape index (κ2) is 8.69. The van der Waals surface area contributed by atoms with Gasteiger partial charge in [0.25, 0.3) is 5.91 Å². The third-order valence-electron chi connectivity index (χ3n) is 4.71. The van der Waals surface area contributed by atoms with Gasteiger partial charge in [-0.25, -0.2) is 0 Å². The number of ether oxygens (including phenoxy) is 1. The van der Waals surface area contributed by atoms with E-state index in [0.29, 0.717) is 31.6 Å². The summed E-state index contributed by atoms with van der Waals surface area (Å²) in [7, 11) is 5.36. The average Bonchev–Trinajstić information content (AvgIpc) is 2.70. The van der Waals surface area contributed by atoms with E-state index in [1.54, 1.807) is 44.8 Å². The van der Waals surface area contributed by atoms with Crippen LogP contribution < -0.4 is 15.0 Å². The molecule has 0 fully saturated rings. The van der Waals surface area contributed by atoms with E-state index in [4.69, 9.17) is 4.74 Å². The molecule has 0 bridgehead atoms. The third-order valence-corrected chi connectivity index (χ3v) is 4.71. The standard InChI is InChI=1S/C20H25N5O3/c1-24(2)20(27)14-4-5-18-17(10-14)25(3)16(13-28-18)11-19(26)23-7-6-15-12-21-8-9-22-15/h4-5,8-10,12,16H,6-7,11,13H2,1-3H3,(H,23,26). The van der Waals surface area contributed by atoms with Crippen molar-refractivity contribution in [1.82, 2.24) is 20.2 Å². The van der Waals surface area contributed by atoms with Crippen LogP contribution in [0.3, 0.4) is 0 Å². The van der Waals surface area contributed by atoms with E-state index in [-0.39, 0.29) is 17.9 Å². The molecule has 0 saturated heterocycles. The molecule has 0 aliphatic carbocycles. The molecule has 1 aliphatic heterocycles. The number of nitrogens with zero attached hydrogens (tertiary/aromatic N) is 4. The number of rotatable bonds is 6. The maximum atomic E-state index is 12.3. The summed E-state index contributed by atoms with van der Waals surface area (Å²) in [4.78, 5) is 36.3. The molecular weight excluding hydrogens is 358 g/mol. The zero-order chi connectivity index (χ0) is 20.1. The van der Waals surface area contributed by atoms with Crippen LogP contribution in [0.15, 0.2) is 36.8 Å². The van der Waals surface area contributed by atoms with Gasteiger partial charge in [0, 0.05) is 58.3 Å². The van der Waals surface area contributed by atoms with Crippen molar-refractivity contribution in [3.05, 3.63) is 48.0 Å². The summed E-state index contributed by atoms with van der Waals surface area (Å²) in [6.45, 7) is 0.926. The Morgan fingerprint density at radius 1 is 1.32 bits per heavy atom. The Balaban J connectivity index is 1.58. The summed E-state index contributed by atoms with van der Waals surface area (Å²) in [5.74, 6) is 0.602. The summed E-state index contributed by atoms with van der Waals surface area (Å²) < 4.78 is 5.81. The average molecular weight is 383 g/mol. The number of amides is 2. The molecule has 0 spiro atoms. The van der Waals surface area contributed by atoms with E-state index >= 15 is 0 Å². The summed E-state index contributed by atoms with van der Waals surface area (Å²) in [5, 5.41) is 2.92. The second-order valence-electron chi connectivity index (χ2n) is 6.96. The smallest absolute Gasteiger partial charge is 0.253 e. The molecule has 1 unspecified atom stereocenters. The number of likely N-dealkylation sites (N-methyl/N-ethyl adjacent to an activating group) is 1. The topological polar surface area (TPSA) is 87.7 Å². The zero-order valence-corrected chi connectivity index (χ0v) is 16.4. The monoisotopic (exact) mass is 383 g/mol. The van der Waals surface area contributed by atoms with Gasteiger partial charge >= 0.3 is 0 Å². The van der Waals surface area contributed by atoms with Crippen LogP contribution in [-0.4, -0.2) is 67.0 Å². The molecule has 8 heteroatoms. The predicted molar refractivity (Wildman–Crippen MR) is 106 cm³/mol. The molecule has 2 amide bonds. The highest BCUT2D eigenvalue weighted by molar-refractivity contribution is 5.95. The lowest BCUT2D eigenvalue weighted by atomic mass is 10.1. The number of anilines is 1. The van der Waals surface area contributed by atoms with Gasteiger partial charge in [-0.1, -0.05) is 0 Å². The molecule has 2 heterocycles. The van der Waals surface area contributed by atoms with Crippen molar-refractivity contribution in [2.75, 3.05) is 39.2 Å². The molecule has 2 aromatic rings. The first-order valence-corrected chi connectivity index (χ1v) is 9.18. The number of carbonyl (C=O) groups is 2. The molecule has 1 N–H and O–H groups in total. The SMILES string of the molecule is CN(C)C(=O)c1ccc2c(c1)N(C)C(CC(=O)NCCc1cnccn1)CO2. The fourth-order valence-electron chi connectivity index (χ4n) is 3.07. The van der Waals surface area contributed by atoms with Crippen molar-refractivity contribution in [1.29, 1.82) is 0 Å². The number of carbonyl (C=O) groups excluding carboxylic acids is 2. The Bertz CT molecular complexity index is 841. The lowest BCUT2D eigenvalue weighted by molar-refractivity contribution is -0.121. The lowest BCUT2D eigenvalue weighted by Crippen LogP contribution is -2.44. The minimum atomic E-state index is -0.103. The Kier molecular flexibility index (Phi) is 6.08. The van der Waals surface area contributed by atoms with Gasteiger partial charge < -0.3 is 19.9 Å². The van der Waals surface area contributed by atoms with E-state index in [1.165, 1.54) is 4.90 Å². The van der Waals surface area contributed by atoms with Crippen molar-refractivity contribution in [2.24, 2.45) is 0 Å². The Morgan fingerprint density at radius 3 is 2.86 bits per heavy atom. The highest BCUT2D eigenvalue weighted by atomic mass is 16.5. The molecule has 0 saturated carbocycles. The predicted octanol–water partition coefficient (Wildman–Crippen LogP) is 1.12. The largest absolute Gasteiger partial charge is 0.489 e. The van der Waals surface area contributed by atoms with Crippen LogP contribution in [0.1, 0.15) is 22.5 Å². The minimum absolute atomic E-state index is 0.0479. The molecule has 28 heavy (non-hydrogen) atoms. The molecular formula is C20H25N5O3. The van der Waals surface area contributed by atoms with Crippen molar-refractivity contribution >= 4 is 17.5 Å². The van der Waals surface area contributed by atoms with Crippen molar-refractivity contribution in [3.63, 3.8) is 0 Å². The van der Waals surface area contributed by atoms with Crippen molar-refractivity contribution < 1.29 is 14.3 Å². The Hall–Kier alpha value is -3.16. The quantitative estimate of drug-likeness (QED) is 0.804. The number of nitrogens with one attached hydrogen (secondary N) is 1. The summed E-state index contributed by atoms with van der Waals surface area (Å²) in [6.07, 6.45) is 5.89. The van der Waals surface area contributed by atoms with E-state index in [9.17, 15) is 9.59 Å². The number of aromatic nitrogens is 2. The number of fused-ring (bicyclic) bond motifs is 1. The molecule has 8 nitrogen and oxygen atoms in total. The summed E-state index contributed by atoms with van der Waals surface area (Å²) in [5.41, 5.74) is 2.25. The van der Waals surface area contributed by atoms with Crippen LogP contribution in [0.2, 0.25) is 0 Å². The van der Waals surface area contributed by atoms with E-state index < -0.39 is 0 Å². The van der Waals surface area contributed by atoms with E-state index in [1.807, 2.05) is 18.0 Å². The molecule has 1 aromatic carbocycles. The van der Waals surface area contributed by atoms with Gasteiger partial charge in [-0.05, 0) is 18.2 Å². The van der Waals surface area contributed by atoms with Gasteiger partial charge in [-0.15, -0.1) is 0 Å². The van der Waals surface area contributed by atoms with Crippen LogP contribution in [-0.2, 0) is 11.2 Å². The molecule has 1 atom stereocenters. The van der Waals surface area contributed by atoms with Crippen LogP contribution in [0.4, 0.5) is 5.69 Å². The van der Waals surface area contributed by atoms with Crippen LogP contribution in [0, 0.1) is 0 Å². The maximum Gasteiger partial charge on any atom is 0.253 e. The first kappa shape index (κ1) is 19.6. The van der Waals surface area contributed by atoms with Crippen molar-refractivity contribution in [3.8, 4) is 5.75 Å². The molecule has 3 rings (SSSR count). The zero-order valence-electron chi connectivity index (χ0n) is 16.4. The summed E-state index contributed by atoms with van der Waals surface area (Å²) >= 11 is 0. The third kappa shape index (κ3) is 4.57. The van der Waals surface area contributed by atoms with Gasteiger partial charge in [0.2, 0.25) is 5.91 Å². The lowest BCUT2D eigenvalue weighted by Gasteiger charge is -2.35. The molecule has 1 aromatic heterocycles. The molecule has 1 aliphatic rings. The number of hydrogen-bond acceptors (Lipinski definition) is 6. The van der Waals surface area contributed by atoms with Gasteiger partial charge in [-0.3, -0.25) is 19.6 Å². The van der Waals surface area contributed by atoms with Gasteiger partial charge in [0.15, 0.2) is 0 Å². The molecule has 0 radical (unpaired) electrons. The molecule has 148 valence electrons. The first-order chi connectivity index (χ1) is 13.5. The van der Waals surface area contributed by atoms with Crippen LogP contribution in [0.25, 0.3) is 0 Å². The fourth-order valence-corrected chi connectivity index (χ4v) is 3.07. The maximum absolute atomic E-state index is 12.3. The van der Waals surface area contributed by atoms with Gasteiger partial charge in [-0.2, -0.15) is 0 Å². The minimum Gasteiger partial charge on any atom is -0.489 e. The van der Waals surface area contributed by atoms with Crippen LogP contribution >= 0.6 is 0 Å². The highest BCUT2D eigenvalue weighted by Gasteiger charge is 2.27. The summed E-state index contributed by atoms with van der Waals surface area (Å²) in [6, 6.07) is 5.28.